The second kappa shape index (κ2) is 5.07. The van der Waals surface area contributed by atoms with E-state index in [4.69, 9.17) is 9.47 Å². The van der Waals surface area contributed by atoms with Gasteiger partial charge >= 0.3 is 0 Å². The van der Waals surface area contributed by atoms with Gasteiger partial charge < -0.3 is 14.8 Å². The highest BCUT2D eigenvalue weighted by molar-refractivity contribution is 9.10. The SMILES string of the molecule is Fc1ccc2c3c1CNc1c(cc(Br)c4nncn14)OC[C@@H]3CO2. The molecule has 24 heavy (non-hydrogen) atoms. The van der Waals surface area contributed by atoms with Crippen molar-refractivity contribution >= 4 is 27.4 Å². The Balaban J connectivity index is 1.69. The molecule has 0 fully saturated rings. The van der Waals surface area contributed by atoms with Crippen LogP contribution in [0.1, 0.15) is 17.0 Å². The van der Waals surface area contributed by atoms with Crippen LogP contribution < -0.4 is 14.8 Å². The lowest BCUT2D eigenvalue weighted by Crippen LogP contribution is -2.13. The first-order chi connectivity index (χ1) is 11.7. The van der Waals surface area contributed by atoms with Gasteiger partial charge in [0.15, 0.2) is 17.2 Å². The standard InChI is InChI=1S/C16H12BrFN4O2/c17-10-3-13-16(22-7-20-21-15(10)22)19-4-9-11(18)1-2-12-14(9)8(5-23-12)6-24-13/h1-3,7-8,19H,4-6H2/t8-/m0/s1. The fraction of sp³-hybridized carbons (Fsp3) is 0.250. The van der Waals surface area contributed by atoms with Gasteiger partial charge in [0, 0.05) is 23.7 Å². The van der Waals surface area contributed by atoms with E-state index < -0.39 is 0 Å². The third kappa shape index (κ3) is 1.92. The summed E-state index contributed by atoms with van der Waals surface area (Å²) in [5, 5.41) is 11.3. The van der Waals surface area contributed by atoms with Gasteiger partial charge in [0.05, 0.1) is 23.6 Å². The summed E-state index contributed by atoms with van der Waals surface area (Å²) in [4.78, 5) is 0. The van der Waals surface area contributed by atoms with Crippen LogP contribution in [0.2, 0.25) is 0 Å². The van der Waals surface area contributed by atoms with Gasteiger partial charge in [-0.25, -0.2) is 4.39 Å². The van der Waals surface area contributed by atoms with Crippen LogP contribution in [0.15, 0.2) is 29.0 Å². The van der Waals surface area contributed by atoms with Crippen molar-refractivity contribution in [2.45, 2.75) is 12.5 Å². The van der Waals surface area contributed by atoms with Crippen LogP contribution in [0.4, 0.5) is 10.2 Å². The van der Waals surface area contributed by atoms with Crippen molar-refractivity contribution in [1.82, 2.24) is 14.6 Å². The van der Waals surface area contributed by atoms with E-state index in [-0.39, 0.29) is 11.7 Å². The van der Waals surface area contributed by atoms with Crippen molar-refractivity contribution in [2.24, 2.45) is 0 Å². The lowest BCUT2D eigenvalue weighted by Gasteiger charge is -2.15. The number of hydrogen-bond acceptors (Lipinski definition) is 5. The van der Waals surface area contributed by atoms with Crippen LogP contribution in [0.25, 0.3) is 5.65 Å². The normalized spacial score (nSPS) is 18.5. The maximum absolute atomic E-state index is 14.4. The molecule has 0 aliphatic carbocycles. The molecule has 0 spiro atoms. The molecule has 0 amide bonds. The number of anilines is 1. The van der Waals surface area contributed by atoms with Crippen LogP contribution in [-0.2, 0) is 6.54 Å². The van der Waals surface area contributed by atoms with Crippen LogP contribution in [-0.4, -0.2) is 27.8 Å². The Labute approximate surface area is 144 Å². The minimum absolute atomic E-state index is 0.00818. The molecule has 2 aromatic heterocycles. The number of ether oxygens (including phenoxy) is 2. The molecule has 2 aliphatic rings. The molecule has 0 radical (unpaired) electrons. The molecule has 0 saturated carbocycles. The molecule has 122 valence electrons. The smallest absolute Gasteiger partial charge is 0.176 e. The number of pyridine rings is 1. The van der Waals surface area contributed by atoms with E-state index in [0.717, 1.165) is 15.8 Å². The van der Waals surface area contributed by atoms with Gasteiger partial charge in [0.1, 0.15) is 17.9 Å². The monoisotopic (exact) mass is 390 g/mol. The Bertz CT molecular complexity index is 974. The first kappa shape index (κ1) is 14.0. The van der Waals surface area contributed by atoms with Gasteiger partial charge in [-0.2, -0.15) is 0 Å². The number of hydrogen-bond donors (Lipinski definition) is 1. The van der Waals surface area contributed by atoms with E-state index in [0.29, 0.717) is 42.5 Å². The van der Waals surface area contributed by atoms with Gasteiger partial charge in [-0.05, 0) is 28.1 Å². The number of aromatic nitrogens is 3. The van der Waals surface area contributed by atoms with Crippen molar-refractivity contribution < 1.29 is 13.9 Å². The number of rotatable bonds is 0. The molecule has 8 heteroatoms. The fourth-order valence-electron chi connectivity index (χ4n) is 3.35. The molecular formula is C16H12BrFN4O2. The third-order valence-corrected chi connectivity index (χ3v) is 5.06. The number of fused-ring (bicyclic) bond motifs is 3. The van der Waals surface area contributed by atoms with Crippen molar-refractivity contribution in [1.29, 1.82) is 0 Å². The average Bonchev–Trinajstić information content (AvgIpc) is 3.21. The molecule has 1 atom stereocenters. The summed E-state index contributed by atoms with van der Waals surface area (Å²) >= 11 is 3.49. The number of nitrogens with zero attached hydrogens (tertiary/aromatic N) is 3. The van der Waals surface area contributed by atoms with E-state index in [1.54, 1.807) is 16.8 Å². The highest BCUT2D eigenvalue weighted by Crippen LogP contribution is 2.41. The van der Waals surface area contributed by atoms with Gasteiger partial charge in [-0.15, -0.1) is 10.2 Å². The maximum atomic E-state index is 14.4. The zero-order valence-electron chi connectivity index (χ0n) is 12.4. The number of nitrogens with one attached hydrogen (secondary N) is 1. The van der Waals surface area contributed by atoms with E-state index in [2.05, 4.69) is 31.4 Å². The Morgan fingerprint density at radius 2 is 2.08 bits per heavy atom. The predicted octanol–water partition coefficient (Wildman–Crippen LogP) is 3.11. The molecule has 0 bridgehead atoms. The van der Waals surface area contributed by atoms with Crippen LogP contribution >= 0.6 is 15.9 Å². The zero-order chi connectivity index (χ0) is 16.3. The Kier molecular flexibility index (Phi) is 2.97. The minimum atomic E-state index is -0.239. The van der Waals surface area contributed by atoms with Gasteiger partial charge in [-0.3, -0.25) is 4.40 Å². The molecule has 2 aliphatic heterocycles. The molecule has 0 saturated heterocycles. The van der Waals surface area contributed by atoms with Crippen molar-refractivity contribution in [2.75, 3.05) is 18.5 Å². The summed E-state index contributed by atoms with van der Waals surface area (Å²) in [7, 11) is 0. The lowest BCUT2D eigenvalue weighted by molar-refractivity contribution is 0.248. The summed E-state index contributed by atoms with van der Waals surface area (Å²) in [6.45, 7) is 1.25. The van der Waals surface area contributed by atoms with Crippen molar-refractivity contribution in [3.8, 4) is 11.5 Å². The summed E-state index contributed by atoms with van der Waals surface area (Å²) in [5.41, 5.74) is 2.19. The van der Waals surface area contributed by atoms with Crippen molar-refractivity contribution in [3.63, 3.8) is 0 Å². The molecule has 1 N–H and O–H groups in total. The molecule has 3 aromatic rings. The summed E-state index contributed by atoms with van der Waals surface area (Å²) in [5.74, 6) is 1.88. The minimum Gasteiger partial charge on any atom is -0.493 e. The second-order valence-electron chi connectivity index (χ2n) is 5.84. The van der Waals surface area contributed by atoms with Crippen LogP contribution in [0.3, 0.4) is 0 Å². The highest BCUT2D eigenvalue weighted by Gasteiger charge is 2.31. The molecule has 6 nitrogen and oxygen atoms in total. The Morgan fingerprint density at radius 3 is 2.96 bits per heavy atom. The summed E-state index contributed by atoms with van der Waals surface area (Å²) in [6.07, 6.45) is 1.60. The first-order valence-electron chi connectivity index (χ1n) is 7.55. The summed E-state index contributed by atoms with van der Waals surface area (Å²) < 4.78 is 28.7. The maximum Gasteiger partial charge on any atom is 0.176 e. The summed E-state index contributed by atoms with van der Waals surface area (Å²) in [6, 6.07) is 5.00. The van der Waals surface area contributed by atoms with Crippen LogP contribution in [0.5, 0.6) is 11.5 Å². The molecule has 4 heterocycles. The number of benzene rings is 1. The number of halogens is 2. The highest BCUT2D eigenvalue weighted by atomic mass is 79.9. The largest absolute Gasteiger partial charge is 0.493 e. The topological polar surface area (TPSA) is 60.7 Å². The van der Waals surface area contributed by atoms with Crippen molar-refractivity contribution in [3.05, 3.63) is 45.9 Å². The van der Waals surface area contributed by atoms with Gasteiger partial charge in [-0.1, -0.05) is 0 Å². The third-order valence-electron chi connectivity index (χ3n) is 4.47. The average molecular weight is 391 g/mol. The van der Waals surface area contributed by atoms with E-state index in [9.17, 15) is 4.39 Å². The predicted molar refractivity (Wildman–Crippen MR) is 88.1 cm³/mol. The Hall–Kier alpha value is -2.35. The van der Waals surface area contributed by atoms with Gasteiger partial charge in [0.2, 0.25) is 0 Å². The molecule has 1 aromatic carbocycles. The zero-order valence-corrected chi connectivity index (χ0v) is 14.0. The fourth-order valence-corrected chi connectivity index (χ4v) is 3.83. The molecule has 5 rings (SSSR count). The van der Waals surface area contributed by atoms with E-state index >= 15 is 0 Å². The van der Waals surface area contributed by atoms with Gasteiger partial charge in [0.25, 0.3) is 0 Å². The van der Waals surface area contributed by atoms with E-state index in [1.807, 2.05) is 6.07 Å². The second-order valence-corrected chi connectivity index (χ2v) is 6.69. The lowest BCUT2D eigenvalue weighted by atomic mass is 9.96. The molecule has 0 unspecified atom stereocenters. The quantitative estimate of drug-likeness (QED) is 0.638. The Morgan fingerprint density at radius 1 is 1.25 bits per heavy atom. The molecular weight excluding hydrogens is 379 g/mol. The van der Waals surface area contributed by atoms with E-state index in [1.165, 1.54) is 6.07 Å². The first-order valence-corrected chi connectivity index (χ1v) is 8.34. The van der Waals surface area contributed by atoms with Crippen LogP contribution in [0, 0.1) is 5.82 Å².